The second-order valence-corrected chi connectivity index (χ2v) is 9.60. The molecule has 2 aromatic carbocycles. The Morgan fingerprint density at radius 2 is 1.88 bits per heavy atom. The smallest absolute Gasteiger partial charge is 0.267 e. The zero-order valence-electron chi connectivity index (χ0n) is 18.2. The summed E-state index contributed by atoms with van der Waals surface area (Å²) in [5.41, 5.74) is 2.07. The highest BCUT2D eigenvalue weighted by atomic mass is 32.2. The van der Waals surface area contributed by atoms with Crippen LogP contribution in [-0.2, 0) is 16.4 Å². The van der Waals surface area contributed by atoms with Crippen LogP contribution in [0.5, 0.6) is 5.75 Å². The van der Waals surface area contributed by atoms with Crippen molar-refractivity contribution in [2.75, 3.05) is 6.61 Å². The number of carbonyl (C=O) groups is 1. The molecule has 0 atom stereocenters. The summed E-state index contributed by atoms with van der Waals surface area (Å²) in [6, 6.07) is 16.6. The van der Waals surface area contributed by atoms with Gasteiger partial charge in [-0.2, -0.15) is 0 Å². The van der Waals surface area contributed by atoms with Gasteiger partial charge < -0.3 is 15.0 Å². The molecule has 0 bridgehead atoms. The summed E-state index contributed by atoms with van der Waals surface area (Å²) >= 11 is 0. The van der Waals surface area contributed by atoms with Gasteiger partial charge in [0.1, 0.15) is 11.4 Å². The molecule has 0 unspecified atom stereocenters. The Bertz CT molecular complexity index is 1330. The highest BCUT2D eigenvalue weighted by Crippen LogP contribution is 2.25. The number of unbranched alkanes of at least 4 members (excludes halogenated alkanes) is 1. The lowest BCUT2D eigenvalue weighted by Gasteiger charge is -2.09. The first-order chi connectivity index (χ1) is 16.0. The van der Waals surface area contributed by atoms with Gasteiger partial charge in [0.15, 0.2) is 0 Å². The quantitative estimate of drug-likeness (QED) is 0.356. The number of benzene rings is 2. The highest BCUT2D eigenvalue weighted by Gasteiger charge is 2.18. The Morgan fingerprint density at radius 3 is 2.64 bits per heavy atom. The van der Waals surface area contributed by atoms with Gasteiger partial charge in [0, 0.05) is 29.8 Å². The molecule has 2 aromatic heterocycles. The molecule has 33 heavy (non-hydrogen) atoms. The second kappa shape index (κ2) is 9.87. The number of hydrogen-bond acceptors (Lipinski definition) is 5. The van der Waals surface area contributed by atoms with Crippen molar-refractivity contribution < 1.29 is 17.9 Å². The average molecular weight is 464 g/mol. The lowest BCUT2D eigenvalue weighted by molar-refractivity contribution is 0.0946. The summed E-state index contributed by atoms with van der Waals surface area (Å²) in [5.74, 6) is 0.291. The molecule has 7 nitrogen and oxygen atoms in total. The van der Waals surface area contributed by atoms with E-state index in [1.165, 1.54) is 0 Å². The van der Waals surface area contributed by atoms with Gasteiger partial charge in [-0.15, -0.1) is 0 Å². The van der Waals surface area contributed by atoms with E-state index in [9.17, 15) is 13.2 Å². The van der Waals surface area contributed by atoms with Crippen LogP contribution in [0.1, 0.15) is 35.8 Å². The summed E-state index contributed by atoms with van der Waals surface area (Å²) in [7, 11) is -3.68. The number of carbonyl (C=O) groups excluding carboxylic acids is 1. The third-order valence-corrected chi connectivity index (χ3v) is 7.00. The molecule has 4 rings (SSSR count). The first-order valence-corrected chi connectivity index (χ1v) is 12.2. The van der Waals surface area contributed by atoms with Crippen molar-refractivity contribution in [1.29, 1.82) is 0 Å². The molecule has 2 N–H and O–H groups in total. The second-order valence-electron chi connectivity index (χ2n) is 7.65. The number of nitrogens with zero attached hydrogens (tertiary/aromatic N) is 1. The number of H-pyrrole nitrogens is 1. The van der Waals surface area contributed by atoms with Crippen LogP contribution < -0.4 is 10.1 Å². The Kier molecular flexibility index (Phi) is 6.74. The van der Waals surface area contributed by atoms with E-state index in [2.05, 4.69) is 22.2 Å². The fraction of sp³-hybridized carbons (Fsp3) is 0.200. The first kappa shape index (κ1) is 22.5. The van der Waals surface area contributed by atoms with E-state index in [4.69, 9.17) is 4.74 Å². The molecule has 4 aromatic rings. The number of sulfone groups is 1. The molecule has 0 aliphatic carbocycles. The average Bonchev–Trinajstić information content (AvgIpc) is 3.28. The predicted molar refractivity (Wildman–Crippen MR) is 126 cm³/mol. The molecule has 0 saturated carbocycles. The fourth-order valence-electron chi connectivity index (χ4n) is 3.36. The third kappa shape index (κ3) is 5.23. The van der Waals surface area contributed by atoms with Crippen molar-refractivity contribution >= 4 is 26.6 Å². The number of aromatic nitrogens is 2. The number of hydrogen-bond donors (Lipinski definition) is 2. The van der Waals surface area contributed by atoms with E-state index in [0.717, 1.165) is 29.3 Å². The van der Waals surface area contributed by atoms with Crippen LogP contribution in [0, 0.1) is 0 Å². The highest BCUT2D eigenvalue weighted by molar-refractivity contribution is 7.91. The molecule has 1 amide bonds. The molecule has 0 aliphatic heterocycles. The maximum Gasteiger partial charge on any atom is 0.267 e. The van der Waals surface area contributed by atoms with E-state index >= 15 is 0 Å². The number of amides is 1. The fourth-order valence-corrected chi connectivity index (χ4v) is 4.66. The standard InChI is InChI=1S/C25H25N3O4S/c1-2-3-13-32-20-5-4-6-22(15-20)33(30,31)21-9-7-18(8-10-21)16-27-25(29)24-14-19-17-26-12-11-23(19)28-24/h4-12,14-15,17,28H,2-3,13,16H2,1H3,(H,27,29). The van der Waals surface area contributed by atoms with E-state index in [-0.39, 0.29) is 22.2 Å². The summed E-state index contributed by atoms with van der Waals surface area (Å²) in [4.78, 5) is 19.9. The molecule has 0 fully saturated rings. The Hall–Kier alpha value is -3.65. The number of pyridine rings is 1. The molecule has 0 aliphatic rings. The minimum atomic E-state index is -3.68. The van der Waals surface area contributed by atoms with Crippen molar-refractivity contribution in [3.63, 3.8) is 0 Å². The van der Waals surface area contributed by atoms with Gasteiger partial charge in [0.2, 0.25) is 9.84 Å². The molecular formula is C25H25N3O4S. The Labute approximate surface area is 192 Å². The molecule has 0 radical (unpaired) electrons. The van der Waals surface area contributed by atoms with E-state index in [1.54, 1.807) is 73.1 Å². The lowest BCUT2D eigenvalue weighted by Crippen LogP contribution is -2.23. The molecule has 0 spiro atoms. The molecule has 0 saturated heterocycles. The van der Waals surface area contributed by atoms with Crippen LogP contribution in [0.2, 0.25) is 0 Å². The van der Waals surface area contributed by atoms with Crippen LogP contribution in [0.4, 0.5) is 0 Å². The number of ether oxygens (including phenoxy) is 1. The van der Waals surface area contributed by atoms with E-state index in [1.807, 2.05) is 0 Å². The van der Waals surface area contributed by atoms with Crippen molar-refractivity contribution in [3.8, 4) is 5.75 Å². The van der Waals surface area contributed by atoms with Gasteiger partial charge in [-0.3, -0.25) is 9.78 Å². The van der Waals surface area contributed by atoms with E-state index in [0.29, 0.717) is 18.1 Å². The van der Waals surface area contributed by atoms with Crippen LogP contribution in [-0.4, -0.2) is 30.9 Å². The van der Waals surface area contributed by atoms with Crippen LogP contribution in [0.3, 0.4) is 0 Å². The zero-order valence-corrected chi connectivity index (χ0v) is 19.1. The molecule has 170 valence electrons. The lowest BCUT2D eigenvalue weighted by atomic mass is 10.2. The number of aromatic amines is 1. The Balaban J connectivity index is 1.42. The summed E-state index contributed by atoms with van der Waals surface area (Å²) in [5, 5.41) is 3.70. The predicted octanol–water partition coefficient (Wildman–Crippen LogP) is 4.50. The van der Waals surface area contributed by atoms with Gasteiger partial charge in [-0.25, -0.2) is 8.42 Å². The summed E-state index contributed by atoms with van der Waals surface area (Å²) < 4.78 is 31.7. The van der Waals surface area contributed by atoms with Gasteiger partial charge in [-0.05, 0) is 54.4 Å². The SMILES string of the molecule is CCCCOc1cccc(S(=O)(=O)c2ccc(CNC(=O)c3cc4cnccc4[nH]3)cc2)c1. The van der Waals surface area contributed by atoms with Gasteiger partial charge in [-0.1, -0.05) is 31.5 Å². The molecule has 2 heterocycles. The van der Waals surface area contributed by atoms with Crippen LogP contribution >= 0.6 is 0 Å². The van der Waals surface area contributed by atoms with Crippen LogP contribution in [0.15, 0.2) is 82.8 Å². The third-order valence-electron chi connectivity index (χ3n) is 5.23. The largest absolute Gasteiger partial charge is 0.494 e. The number of rotatable bonds is 9. The topological polar surface area (TPSA) is 101 Å². The first-order valence-electron chi connectivity index (χ1n) is 10.7. The zero-order chi connectivity index (χ0) is 23.3. The normalized spacial score (nSPS) is 11.4. The van der Waals surface area contributed by atoms with Crippen molar-refractivity contribution in [2.45, 2.75) is 36.1 Å². The maximum atomic E-state index is 13.0. The van der Waals surface area contributed by atoms with Crippen molar-refractivity contribution in [3.05, 3.63) is 84.3 Å². The van der Waals surface area contributed by atoms with Crippen LogP contribution in [0.25, 0.3) is 10.9 Å². The Morgan fingerprint density at radius 1 is 1.06 bits per heavy atom. The number of fused-ring (bicyclic) bond motifs is 1. The van der Waals surface area contributed by atoms with Crippen molar-refractivity contribution in [1.82, 2.24) is 15.3 Å². The monoisotopic (exact) mass is 463 g/mol. The van der Waals surface area contributed by atoms with Gasteiger partial charge in [0.25, 0.3) is 5.91 Å². The summed E-state index contributed by atoms with van der Waals surface area (Å²) in [6.45, 7) is 2.89. The maximum absolute atomic E-state index is 13.0. The molecular weight excluding hydrogens is 438 g/mol. The minimum absolute atomic E-state index is 0.186. The summed E-state index contributed by atoms with van der Waals surface area (Å²) in [6.07, 6.45) is 5.26. The van der Waals surface area contributed by atoms with E-state index < -0.39 is 9.84 Å². The van der Waals surface area contributed by atoms with Gasteiger partial charge >= 0.3 is 0 Å². The minimum Gasteiger partial charge on any atom is -0.494 e. The van der Waals surface area contributed by atoms with Crippen molar-refractivity contribution in [2.24, 2.45) is 0 Å². The van der Waals surface area contributed by atoms with Gasteiger partial charge in [0.05, 0.1) is 16.4 Å². The molecule has 8 heteroatoms. The number of nitrogens with one attached hydrogen (secondary N) is 2.